The van der Waals surface area contributed by atoms with Crippen molar-refractivity contribution in [2.75, 3.05) is 5.32 Å². The molecular formula is C19H22N2O. The largest absolute Gasteiger partial charge is 0.325 e. The van der Waals surface area contributed by atoms with Crippen molar-refractivity contribution in [2.24, 2.45) is 5.73 Å². The average molecular weight is 294 g/mol. The molecule has 1 atom stereocenters. The van der Waals surface area contributed by atoms with Crippen LogP contribution in [-0.4, -0.2) is 5.91 Å². The zero-order valence-electron chi connectivity index (χ0n) is 13.5. The number of nitrogens with two attached hydrogens (primary N) is 1. The maximum Gasteiger partial charge on any atom is 0.234 e. The molecule has 0 spiro atoms. The maximum absolute atomic E-state index is 12.3. The molecule has 3 heteroatoms. The minimum Gasteiger partial charge on any atom is -0.325 e. The molecule has 114 valence electrons. The summed E-state index contributed by atoms with van der Waals surface area (Å²) < 4.78 is 0. The van der Waals surface area contributed by atoms with Gasteiger partial charge in [0.05, 0.1) is 17.1 Å². The van der Waals surface area contributed by atoms with Crippen LogP contribution in [0.5, 0.6) is 0 Å². The van der Waals surface area contributed by atoms with E-state index in [4.69, 9.17) is 5.73 Å². The zero-order chi connectivity index (χ0) is 16.1. The van der Waals surface area contributed by atoms with Crippen molar-refractivity contribution in [2.45, 2.75) is 39.2 Å². The summed E-state index contributed by atoms with van der Waals surface area (Å²) >= 11 is 0. The second-order valence-corrected chi connectivity index (χ2v) is 6.69. The first-order valence-electron chi connectivity index (χ1n) is 7.60. The van der Waals surface area contributed by atoms with E-state index in [0.717, 1.165) is 33.5 Å². The summed E-state index contributed by atoms with van der Waals surface area (Å²) in [7, 11) is 0. The van der Waals surface area contributed by atoms with Gasteiger partial charge in [-0.15, -0.1) is 0 Å². The minimum absolute atomic E-state index is 0.0336. The molecule has 0 aliphatic carbocycles. The van der Waals surface area contributed by atoms with Gasteiger partial charge in [-0.1, -0.05) is 42.0 Å². The van der Waals surface area contributed by atoms with Crippen LogP contribution in [0.15, 0.2) is 36.4 Å². The SMILES string of the molecule is Cc1cc(C(N)c2ccccc2C)c2c(c1)C(C)(C)C(=O)N2. The molecule has 0 saturated carbocycles. The number of anilines is 1. The van der Waals surface area contributed by atoms with Crippen LogP contribution in [0.2, 0.25) is 0 Å². The van der Waals surface area contributed by atoms with Crippen LogP contribution in [0.3, 0.4) is 0 Å². The number of nitrogens with one attached hydrogen (secondary N) is 1. The lowest BCUT2D eigenvalue weighted by atomic mass is 9.83. The van der Waals surface area contributed by atoms with Crippen LogP contribution in [0, 0.1) is 13.8 Å². The van der Waals surface area contributed by atoms with Gasteiger partial charge in [0.15, 0.2) is 0 Å². The highest BCUT2D eigenvalue weighted by Crippen LogP contribution is 2.42. The summed E-state index contributed by atoms with van der Waals surface area (Å²) in [5.41, 5.74) is 12.3. The van der Waals surface area contributed by atoms with Gasteiger partial charge in [-0.2, -0.15) is 0 Å². The Labute approximate surface area is 131 Å². The van der Waals surface area contributed by atoms with E-state index in [1.807, 2.05) is 32.9 Å². The van der Waals surface area contributed by atoms with Gasteiger partial charge >= 0.3 is 0 Å². The monoisotopic (exact) mass is 294 g/mol. The van der Waals surface area contributed by atoms with Gasteiger partial charge in [0.25, 0.3) is 0 Å². The van der Waals surface area contributed by atoms with E-state index in [2.05, 4.69) is 36.5 Å². The predicted octanol–water partition coefficient (Wildman–Crippen LogP) is 3.58. The number of amides is 1. The first kappa shape index (κ1) is 14.8. The summed E-state index contributed by atoms with van der Waals surface area (Å²) in [4.78, 5) is 12.3. The Balaban J connectivity index is 2.18. The lowest BCUT2D eigenvalue weighted by Crippen LogP contribution is -2.26. The molecule has 0 radical (unpaired) electrons. The van der Waals surface area contributed by atoms with Crippen molar-refractivity contribution in [1.29, 1.82) is 0 Å². The lowest BCUT2D eigenvalue weighted by molar-refractivity contribution is -0.119. The lowest BCUT2D eigenvalue weighted by Gasteiger charge is -2.20. The van der Waals surface area contributed by atoms with Crippen molar-refractivity contribution < 1.29 is 4.79 Å². The molecule has 0 saturated heterocycles. The molecule has 1 heterocycles. The summed E-state index contributed by atoms with van der Waals surface area (Å²) in [6.07, 6.45) is 0. The third kappa shape index (κ3) is 2.13. The standard InChI is InChI=1S/C19H22N2O/c1-11-9-14(16(20)13-8-6-5-7-12(13)2)17-15(10-11)19(3,4)18(22)21-17/h5-10,16H,20H2,1-4H3,(H,21,22). The summed E-state index contributed by atoms with van der Waals surface area (Å²) in [6.45, 7) is 8.02. The Morgan fingerprint density at radius 3 is 2.45 bits per heavy atom. The normalized spacial score (nSPS) is 17.0. The number of carbonyl (C=O) groups excluding carboxylic acids is 1. The third-order valence-corrected chi connectivity index (χ3v) is 4.65. The number of carbonyl (C=O) groups is 1. The fourth-order valence-corrected chi connectivity index (χ4v) is 3.19. The maximum atomic E-state index is 12.3. The highest BCUT2D eigenvalue weighted by molar-refractivity contribution is 6.06. The third-order valence-electron chi connectivity index (χ3n) is 4.65. The zero-order valence-corrected chi connectivity index (χ0v) is 13.5. The van der Waals surface area contributed by atoms with Crippen molar-refractivity contribution in [1.82, 2.24) is 0 Å². The first-order chi connectivity index (χ1) is 10.3. The van der Waals surface area contributed by atoms with E-state index >= 15 is 0 Å². The van der Waals surface area contributed by atoms with Crippen LogP contribution < -0.4 is 11.1 Å². The Bertz CT molecular complexity index is 762. The molecular weight excluding hydrogens is 272 g/mol. The molecule has 1 unspecified atom stereocenters. The van der Waals surface area contributed by atoms with E-state index in [-0.39, 0.29) is 11.9 Å². The molecule has 2 aromatic carbocycles. The summed E-state index contributed by atoms with van der Waals surface area (Å²) in [6, 6.07) is 12.0. The highest BCUT2D eigenvalue weighted by atomic mass is 16.2. The number of rotatable bonds is 2. The molecule has 0 aromatic heterocycles. The van der Waals surface area contributed by atoms with E-state index in [0.29, 0.717) is 0 Å². The smallest absolute Gasteiger partial charge is 0.234 e. The second kappa shape index (κ2) is 4.96. The Morgan fingerprint density at radius 1 is 1.09 bits per heavy atom. The van der Waals surface area contributed by atoms with Gasteiger partial charge in [-0.3, -0.25) is 4.79 Å². The number of hydrogen-bond donors (Lipinski definition) is 2. The molecule has 1 aliphatic rings. The van der Waals surface area contributed by atoms with Crippen LogP contribution >= 0.6 is 0 Å². The highest BCUT2D eigenvalue weighted by Gasteiger charge is 2.40. The Hall–Kier alpha value is -2.13. The molecule has 3 rings (SSSR count). The first-order valence-corrected chi connectivity index (χ1v) is 7.60. The Morgan fingerprint density at radius 2 is 1.77 bits per heavy atom. The van der Waals surface area contributed by atoms with Crippen LogP contribution in [0.1, 0.15) is 47.7 Å². The van der Waals surface area contributed by atoms with Gasteiger partial charge in [-0.25, -0.2) is 0 Å². The Kier molecular flexibility index (Phi) is 3.33. The molecule has 0 bridgehead atoms. The minimum atomic E-state index is -0.512. The van der Waals surface area contributed by atoms with Gasteiger partial charge in [0.1, 0.15) is 0 Å². The molecule has 0 fully saturated rings. The molecule has 22 heavy (non-hydrogen) atoms. The average Bonchev–Trinajstić information content (AvgIpc) is 2.69. The van der Waals surface area contributed by atoms with Gasteiger partial charge in [-0.05, 0) is 49.9 Å². The molecule has 3 N–H and O–H groups in total. The molecule has 1 aliphatic heterocycles. The molecule has 3 nitrogen and oxygen atoms in total. The quantitative estimate of drug-likeness (QED) is 0.889. The second-order valence-electron chi connectivity index (χ2n) is 6.69. The van der Waals surface area contributed by atoms with Gasteiger partial charge in [0, 0.05) is 0 Å². The van der Waals surface area contributed by atoms with Gasteiger partial charge < -0.3 is 11.1 Å². The van der Waals surface area contributed by atoms with Crippen LogP contribution in [0.25, 0.3) is 0 Å². The van der Waals surface area contributed by atoms with Crippen molar-refractivity contribution in [3.63, 3.8) is 0 Å². The van der Waals surface area contributed by atoms with E-state index in [1.165, 1.54) is 0 Å². The number of fused-ring (bicyclic) bond motifs is 1. The topological polar surface area (TPSA) is 55.1 Å². The van der Waals surface area contributed by atoms with Crippen molar-refractivity contribution in [3.8, 4) is 0 Å². The van der Waals surface area contributed by atoms with Crippen molar-refractivity contribution in [3.05, 3.63) is 64.2 Å². The predicted molar refractivity (Wildman–Crippen MR) is 90.0 cm³/mol. The fraction of sp³-hybridized carbons (Fsp3) is 0.316. The number of aryl methyl sites for hydroxylation is 2. The number of benzene rings is 2. The van der Waals surface area contributed by atoms with Crippen LogP contribution in [-0.2, 0) is 10.2 Å². The molecule has 2 aromatic rings. The van der Waals surface area contributed by atoms with Crippen LogP contribution in [0.4, 0.5) is 5.69 Å². The van der Waals surface area contributed by atoms with E-state index in [1.54, 1.807) is 0 Å². The van der Waals surface area contributed by atoms with Gasteiger partial charge in [0.2, 0.25) is 5.91 Å². The van der Waals surface area contributed by atoms with Crippen molar-refractivity contribution >= 4 is 11.6 Å². The van der Waals surface area contributed by atoms with E-state index < -0.39 is 5.41 Å². The number of hydrogen-bond acceptors (Lipinski definition) is 2. The van der Waals surface area contributed by atoms with E-state index in [9.17, 15) is 4.79 Å². The summed E-state index contributed by atoms with van der Waals surface area (Å²) in [5, 5.41) is 3.03. The summed E-state index contributed by atoms with van der Waals surface area (Å²) in [5.74, 6) is 0.0336. The molecule has 1 amide bonds. The fourth-order valence-electron chi connectivity index (χ4n) is 3.19.